The lowest BCUT2D eigenvalue weighted by molar-refractivity contribution is -0.120. The van der Waals surface area contributed by atoms with Crippen LogP contribution in [0.2, 0.25) is 5.02 Å². The van der Waals surface area contributed by atoms with E-state index in [1.165, 1.54) is 6.20 Å². The van der Waals surface area contributed by atoms with Gasteiger partial charge in [-0.3, -0.25) is 9.59 Å². The number of halogens is 3. The van der Waals surface area contributed by atoms with Gasteiger partial charge in [-0.05, 0) is 43.7 Å². The van der Waals surface area contributed by atoms with Crippen LogP contribution in [0.1, 0.15) is 23.2 Å². The van der Waals surface area contributed by atoms with Gasteiger partial charge in [0.05, 0.1) is 22.2 Å². The lowest BCUT2D eigenvalue weighted by atomic mass is 9.98. The van der Waals surface area contributed by atoms with Gasteiger partial charge in [-0.1, -0.05) is 23.7 Å². The van der Waals surface area contributed by atoms with Crippen LogP contribution in [0.25, 0.3) is 0 Å². The van der Waals surface area contributed by atoms with Gasteiger partial charge in [0.25, 0.3) is 5.91 Å². The number of rotatable bonds is 4. The molecule has 3 N–H and O–H groups in total. The van der Waals surface area contributed by atoms with E-state index in [4.69, 9.17) is 11.6 Å². The Kier molecular flexibility index (Phi) is 9.52. The zero-order valence-electron chi connectivity index (χ0n) is 14.4. The molecule has 2 aromatic rings. The molecule has 0 spiro atoms. The number of nitrogens with zero attached hydrogens (tertiary/aromatic N) is 1. The highest BCUT2D eigenvalue weighted by atomic mass is 35.5. The van der Waals surface area contributed by atoms with Crippen LogP contribution in [-0.2, 0) is 4.79 Å². The van der Waals surface area contributed by atoms with E-state index in [-0.39, 0.29) is 42.5 Å². The van der Waals surface area contributed by atoms with Gasteiger partial charge < -0.3 is 16.0 Å². The van der Waals surface area contributed by atoms with Crippen molar-refractivity contribution < 1.29 is 9.59 Å². The fourth-order valence-corrected chi connectivity index (χ4v) is 2.85. The van der Waals surface area contributed by atoms with E-state index in [1.807, 2.05) is 0 Å². The summed E-state index contributed by atoms with van der Waals surface area (Å²) in [6, 6.07) is 10.2. The van der Waals surface area contributed by atoms with Crippen LogP contribution in [0, 0.1) is 5.92 Å². The van der Waals surface area contributed by atoms with Crippen LogP contribution >= 0.6 is 36.4 Å². The molecule has 1 aliphatic heterocycles. The Balaban J connectivity index is 0.00000182. The minimum absolute atomic E-state index is 0. The second-order valence-electron chi connectivity index (χ2n) is 5.89. The largest absolute Gasteiger partial charge is 0.325 e. The lowest BCUT2D eigenvalue weighted by Crippen LogP contribution is -2.37. The van der Waals surface area contributed by atoms with E-state index in [2.05, 4.69) is 20.9 Å². The number of anilines is 2. The maximum Gasteiger partial charge on any atom is 0.258 e. The Labute approximate surface area is 175 Å². The third-order valence-electron chi connectivity index (χ3n) is 4.07. The van der Waals surface area contributed by atoms with E-state index in [0.717, 1.165) is 19.4 Å². The van der Waals surface area contributed by atoms with Crippen LogP contribution in [0.15, 0.2) is 42.6 Å². The number of piperidine rings is 1. The molecule has 6 nitrogen and oxygen atoms in total. The highest BCUT2D eigenvalue weighted by Crippen LogP contribution is 2.20. The molecule has 1 fully saturated rings. The maximum absolute atomic E-state index is 12.5. The van der Waals surface area contributed by atoms with Crippen LogP contribution in [-0.4, -0.2) is 29.9 Å². The molecule has 9 heteroatoms. The maximum atomic E-state index is 12.5. The molecule has 2 amide bonds. The molecule has 0 radical (unpaired) electrons. The average molecular weight is 432 g/mol. The molecule has 1 aromatic carbocycles. The zero-order valence-corrected chi connectivity index (χ0v) is 16.8. The molecular formula is C18H21Cl3N4O2. The van der Waals surface area contributed by atoms with Crippen LogP contribution in [0.3, 0.4) is 0 Å². The predicted octanol–water partition coefficient (Wildman–Crippen LogP) is 3.77. The molecule has 0 bridgehead atoms. The Morgan fingerprint density at radius 3 is 2.56 bits per heavy atom. The van der Waals surface area contributed by atoms with Crippen molar-refractivity contribution in [2.24, 2.45) is 5.92 Å². The molecule has 2 heterocycles. The zero-order chi connectivity index (χ0) is 17.6. The molecule has 1 atom stereocenters. The fourth-order valence-electron chi connectivity index (χ4n) is 2.73. The van der Waals surface area contributed by atoms with Crippen molar-refractivity contribution in [3.63, 3.8) is 0 Å². The van der Waals surface area contributed by atoms with E-state index in [1.54, 1.807) is 36.4 Å². The van der Waals surface area contributed by atoms with Gasteiger partial charge in [-0.15, -0.1) is 24.8 Å². The summed E-state index contributed by atoms with van der Waals surface area (Å²) in [5.74, 6) is -0.0978. The molecule has 1 aromatic heterocycles. The summed E-state index contributed by atoms with van der Waals surface area (Å²) in [7, 11) is 0. The number of carbonyl (C=O) groups is 2. The average Bonchev–Trinajstić information content (AvgIpc) is 2.64. The standard InChI is InChI=1S/C18H19ClN4O2.2ClH/c19-13-7-8-16(21-11-13)23-18(25)14-5-1-2-6-15(14)22-17(24)12-4-3-9-20-10-12;;/h1-2,5-8,11-12,20H,3-4,9-10H2,(H,22,24)(H,21,23,25);2*1H. The lowest BCUT2D eigenvalue weighted by Gasteiger charge is -2.22. The van der Waals surface area contributed by atoms with Gasteiger partial charge in [0.1, 0.15) is 5.82 Å². The van der Waals surface area contributed by atoms with Gasteiger partial charge in [0.15, 0.2) is 0 Å². The van der Waals surface area contributed by atoms with E-state index >= 15 is 0 Å². The summed E-state index contributed by atoms with van der Waals surface area (Å²) >= 11 is 5.79. The molecule has 1 aliphatic rings. The third-order valence-corrected chi connectivity index (χ3v) is 4.29. The Bertz CT molecular complexity index is 765. The first-order valence-corrected chi connectivity index (χ1v) is 8.55. The first-order chi connectivity index (χ1) is 12.1. The van der Waals surface area contributed by atoms with E-state index < -0.39 is 0 Å². The molecule has 3 rings (SSSR count). The van der Waals surface area contributed by atoms with E-state index in [0.29, 0.717) is 28.6 Å². The number of pyridine rings is 1. The van der Waals surface area contributed by atoms with Gasteiger partial charge in [0, 0.05) is 12.7 Å². The molecule has 0 saturated carbocycles. The van der Waals surface area contributed by atoms with Gasteiger partial charge >= 0.3 is 0 Å². The van der Waals surface area contributed by atoms with Crippen LogP contribution in [0.4, 0.5) is 11.5 Å². The number of amides is 2. The van der Waals surface area contributed by atoms with E-state index in [9.17, 15) is 9.59 Å². The molecule has 1 saturated heterocycles. The number of aromatic nitrogens is 1. The second-order valence-corrected chi connectivity index (χ2v) is 6.33. The molecular weight excluding hydrogens is 411 g/mol. The second kappa shape index (κ2) is 11.1. The van der Waals surface area contributed by atoms with Gasteiger partial charge in [-0.25, -0.2) is 4.98 Å². The number of nitrogens with one attached hydrogen (secondary N) is 3. The molecule has 146 valence electrons. The molecule has 0 aliphatic carbocycles. The number of carbonyl (C=O) groups excluding carboxylic acids is 2. The number of para-hydroxylation sites is 1. The number of benzene rings is 1. The normalized spacial score (nSPS) is 15.7. The SMILES string of the molecule is Cl.Cl.O=C(Nc1ccc(Cl)cn1)c1ccccc1NC(=O)C1CCCNC1. The van der Waals surface area contributed by atoms with Crippen molar-refractivity contribution in [1.82, 2.24) is 10.3 Å². The third kappa shape index (κ3) is 6.36. The highest BCUT2D eigenvalue weighted by Gasteiger charge is 2.22. The number of hydrogen-bond acceptors (Lipinski definition) is 4. The van der Waals surface area contributed by atoms with Crippen molar-refractivity contribution in [3.8, 4) is 0 Å². The summed E-state index contributed by atoms with van der Waals surface area (Å²) in [4.78, 5) is 29.0. The van der Waals surface area contributed by atoms with Crippen molar-refractivity contribution in [1.29, 1.82) is 0 Å². The Morgan fingerprint density at radius 1 is 1.11 bits per heavy atom. The molecule has 1 unspecified atom stereocenters. The first-order valence-electron chi connectivity index (χ1n) is 8.17. The minimum Gasteiger partial charge on any atom is -0.325 e. The summed E-state index contributed by atoms with van der Waals surface area (Å²) in [5.41, 5.74) is 0.876. The van der Waals surface area contributed by atoms with Crippen LogP contribution in [0.5, 0.6) is 0 Å². The predicted molar refractivity (Wildman–Crippen MR) is 112 cm³/mol. The van der Waals surface area contributed by atoms with Crippen molar-refractivity contribution in [3.05, 3.63) is 53.2 Å². The smallest absolute Gasteiger partial charge is 0.258 e. The van der Waals surface area contributed by atoms with Crippen molar-refractivity contribution in [2.45, 2.75) is 12.8 Å². The minimum atomic E-state index is -0.340. The Hall–Kier alpha value is -1.86. The quantitative estimate of drug-likeness (QED) is 0.688. The summed E-state index contributed by atoms with van der Waals surface area (Å²) < 4.78 is 0. The first kappa shape index (κ1) is 23.2. The topological polar surface area (TPSA) is 83.1 Å². The highest BCUT2D eigenvalue weighted by molar-refractivity contribution is 6.30. The monoisotopic (exact) mass is 430 g/mol. The summed E-state index contributed by atoms with van der Waals surface area (Å²) in [6.07, 6.45) is 3.28. The van der Waals surface area contributed by atoms with Crippen molar-refractivity contribution in [2.75, 3.05) is 23.7 Å². The summed E-state index contributed by atoms with van der Waals surface area (Å²) in [6.45, 7) is 1.60. The van der Waals surface area contributed by atoms with Gasteiger partial charge in [0.2, 0.25) is 5.91 Å². The fraction of sp³-hybridized carbons (Fsp3) is 0.278. The van der Waals surface area contributed by atoms with Gasteiger partial charge in [-0.2, -0.15) is 0 Å². The Morgan fingerprint density at radius 2 is 1.89 bits per heavy atom. The van der Waals surface area contributed by atoms with Crippen LogP contribution < -0.4 is 16.0 Å². The number of hydrogen-bond donors (Lipinski definition) is 3. The summed E-state index contributed by atoms with van der Waals surface area (Å²) in [5, 5.41) is 9.29. The van der Waals surface area contributed by atoms with Crippen molar-refractivity contribution >= 4 is 59.7 Å². The molecule has 27 heavy (non-hydrogen) atoms.